The van der Waals surface area contributed by atoms with Crippen LogP contribution in [0.3, 0.4) is 0 Å². The molecule has 8 heteroatoms. The van der Waals surface area contributed by atoms with Crippen LogP contribution in [0.1, 0.15) is 44.0 Å². The third-order valence-corrected chi connectivity index (χ3v) is 4.80. The monoisotopic (exact) mass is 448 g/mol. The van der Waals surface area contributed by atoms with Gasteiger partial charge >= 0.3 is 6.09 Å². The average molecular weight is 449 g/mol. The number of benzene rings is 2. The first-order chi connectivity index (χ1) is 13.2. The van der Waals surface area contributed by atoms with Gasteiger partial charge in [-0.05, 0) is 44.5 Å². The van der Waals surface area contributed by atoms with Crippen LogP contribution >= 0.6 is 15.9 Å². The van der Waals surface area contributed by atoms with Crippen LogP contribution in [-0.2, 0) is 4.74 Å². The third kappa shape index (κ3) is 4.44. The molecule has 0 unspecified atom stereocenters. The Bertz CT molecular complexity index is 879. The molecule has 3 rings (SSSR count). The first-order valence-corrected chi connectivity index (χ1v) is 9.59. The molecule has 0 bridgehead atoms. The van der Waals surface area contributed by atoms with Crippen molar-refractivity contribution < 1.29 is 19.2 Å². The Labute approximate surface area is 171 Å². The standard InChI is InChI=1S/C20H21BrN2O5/c1-20(2,3)28-19(24)22-16-14-6-4-5-7-15(14)27-18(17(16)23(25)26)12-8-10-13(21)11-9-12/h4-11,16-18H,1-3H3,(H,22,24)/t16-,17-,18+/m1/s1. The first-order valence-electron chi connectivity index (χ1n) is 8.80. The van der Waals surface area contributed by atoms with Crippen LogP contribution in [0.2, 0.25) is 0 Å². The van der Waals surface area contributed by atoms with Crippen LogP contribution in [0.5, 0.6) is 5.75 Å². The van der Waals surface area contributed by atoms with Gasteiger partial charge in [-0.2, -0.15) is 0 Å². The summed E-state index contributed by atoms with van der Waals surface area (Å²) in [6.45, 7) is 5.21. The SMILES string of the molecule is CC(C)(C)OC(=O)N[C@@H]1c2ccccc2O[C@@H](c2ccc(Br)cc2)[C@@H]1[N+](=O)[O-]. The van der Waals surface area contributed by atoms with Gasteiger partial charge in [0.15, 0.2) is 6.10 Å². The van der Waals surface area contributed by atoms with Gasteiger partial charge < -0.3 is 14.8 Å². The van der Waals surface area contributed by atoms with Gasteiger partial charge in [0, 0.05) is 15.0 Å². The quantitative estimate of drug-likeness (QED) is 0.537. The highest BCUT2D eigenvalue weighted by Gasteiger charge is 2.48. The Morgan fingerprint density at radius 2 is 1.82 bits per heavy atom. The van der Waals surface area contributed by atoms with E-state index in [4.69, 9.17) is 9.47 Å². The van der Waals surface area contributed by atoms with E-state index in [0.29, 0.717) is 16.9 Å². The summed E-state index contributed by atoms with van der Waals surface area (Å²) in [6, 6.07) is 12.0. The van der Waals surface area contributed by atoms with E-state index in [1.807, 2.05) is 0 Å². The first kappa shape index (κ1) is 20.1. The van der Waals surface area contributed by atoms with Gasteiger partial charge in [-0.3, -0.25) is 10.1 Å². The van der Waals surface area contributed by atoms with Crippen LogP contribution in [0, 0.1) is 10.1 Å². The number of nitro groups is 1. The lowest BCUT2D eigenvalue weighted by Gasteiger charge is -2.35. The van der Waals surface area contributed by atoms with E-state index in [9.17, 15) is 14.9 Å². The molecule has 2 aromatic carbocycles. The molecule has 28 heavy (non-hydrogen) atoms. The molecule has 7 nitrogen and oxygen atoms in total. The van der Waals surface area contributed by atoms with Gasteiger partial charge in [-0.15, -0.1) is 0 Å². The van der Waals surface area contributed by atoms with Crippen molar-refractivity contribution in [2.45, 2.75) is 44.6 Å². The van der Waals surface area contributed by atoms with Crippen LogP contribution in [0.4, 0.5) is 4.79 Å². The van der Waals surface area contributed by atoms with Crippen LogP contribution in [-0.4, -0.2) is 22.7 Å². The normalized spacial score (nSPS) is 21.2. The van der Waals surface area contributed by atoms with E-state index in [1.54, 1.807) is 69.3 Å². The molecule has 1 heterocycles. The van der Waals surface area contributed by atoms with Crippen molar-refractivity contribution >= 4 is 22.0 Å². The zero-order chi connectivity index (χ0) is 20.5. The number of amides is 1. The van der Waals surface area contributed by atoms with Crippen molar-refractivity contribution in [3.8, 4) is 5.75 Å². The average Bonchev–Trinajstić information content (AvgIpc) is 2.60. The number of ether oxygens (including phenoxy) is 2. The molecule has 0 aliphatic carbocycles. The summed E-state index contributed by atoms with van der Waals surface area (Å²) in [6.07, 6.45) is -1.58. The van der Waals surface area contributed by atoms with Crippen molar-refractivity contribution in [2.24, 2.45) is 0 Å². The predicted molar refractivity (Wildman–Crippen MR) is 107 cm³/mol. The smallest absolute Gasteiger partial charge is 0.408 e. The highest BCUT2D eigenvalue weighted by molar-refractivity contribution is 9.10. The minimum Gasteiger partial charge on any atom is -0.478 e. The van der Waals surface area contributed by atoms with E-state index in [0.717, 1.165) is 4.47 Å². The molecule has 3 atom stereocenters. The fourth-order valence-corrected chi connectivity index (χ4v) is 3.42. The molecule has 2 aromatic rings. The Kier molecular flexibility index (Phi) is 5.60. The number of rotatable bonds is 3. The number of carbonyl (C=O) groups excluding carboxylic acids is 1. The van der Waals surface area contributed by atoms with Crippen molar-refractivity contribution in [1.82, 2.24) is 5.32 Å². The van der Waals surface area contributed by atoms with Gasteiger partial charge in [-0.1, -0.05) is 46.3 Å². The maximum atomic E-state index is 12.4. The number of carbonyl (C=O) groups is 1. The fraction of sp³-hybridized carbons (Fsp3) is 0.350. The number of fused-ring (bicyclic) bond motifs is 1. The van der Waals surface area contributed by atoms with Crippen molar-refractivity contribution in [2.75, 3.05) is 0 Å². The molecule has 1 aliphatic rings. The van der Waals surface area contributed by atoms with Crippen LogP contribution in [0.25, 0.3) is 0 Å². The summed E-state index contributed by atoms with van der Waals surface area (Å²) in [5.41, 5.74) is 0.475. The second-order valence-electron chi connectivity index (χ2n) is 7.53. The number of nitrogens with one attached hydrogen (secondary N) is 1. The van der Waals surface area contributed by atoms with Crippen molar-refractivity contribution in [1.29, 1.82) is 0 Å². The van der Waals surface area contributed by atoms with E-state index < -0.39 is 34.8 Å². The van der Waals surface area contributed by atoms with E-state index >= 15 is 0 Å². The molecule has 0 saturated carbocycles. The fourth-order valence-electron chi connectivity index (χ4n) is 3.16. The Balaban J connectivity index is 2.02. The summed E-state index contributed by atoms with van der Waals surface area (Å²) >= 11 is 3.36. The van der Waals surface area contributed by atoms with Crippen molar-refractivity contribution in [3.05, 3.63) is 74.2 Å². The molecule has 0 aromatic heterocycles. The second-order valence-corrected chi connectivity index (χ2v) is 8.44. The lowest BCUT2D eigenvalue weighted by atomic mass is 9.88. The molecule has 0 fully saturated rings. The Morgan fingerprint density at radius 3 is 2.43 bits per heavy atom. The van der Waals surface area contributed by atoms with E-state index in [2.05, 4.69) is 21.2 Å². The minimum absolute atomic E-state index is 0.412. The molecule has 0 saturated heterocycles. The lowest BCUT2D eigenvalue weighted by molar-refractivity contribution is -0.541. The number of alkyl carbamates (subject to hydrolysis) is 1. The molecular formula is C20H21BrN2O5. The maximum absolute atomic E-state index is 12.4. The molecule has 148 valence electrons. The van der Waals surface area contributed by atoms with Gasteiger partial charge in [0.05, 0.1) is 0 Å². The zero-order valence-electron chi connectivity index (χ0n) is 15.7. The molecule has 0 spiro atoms. The summed E-state index contributed by atoms with van der Waals surface area (Å²) < 4.78 is 12.2. The van der Waals surface area contributed by atoms with Gasteiger partial charge in [-0.25, -0.2) is 4.79 Å². The summed E-state index contributed by atoms with van der Waals surface area (Å²) in [5.74, 6) is 0.495. The molecular weight excluding hydrogens is 428 g/mol. The summed E-state index contributed by atoms with van der Waals surface area (Å²) in [7, 11) is 0. The molecule has 1 amide bonds. The molecule has 0 radical (unpaired) electrons. The van der Waals surface area contributed by atoms with E-state index in [1.165, 1.54) is 0 Å². The third-order valence-electron chi connectivity index (χ3n) is 4.27. The number of hydrogen-bond acceptors (Lipinski definition) is 5. The summed E-state index contributed by atoms with van der Waals surface area (Å²) in [5, 5.41) is 14.7. The van der Waals surface area contributed by atoms with Crippen molar-refractivity contribution in [3.63, 3.8) is 0 Å². The minimum atomic E-state index is -1.22. The highest BCUT2D eigenvalue weighted by atomic mass is 79.9. The van der Waals surface area contributed by atoms with Gasteiger partial charge in [0.25, 0.3) is 6.04 Å². The topological polar surface area (TPSA) is 90.7 Å². The zero-order valence-corrected chi connectivity index (χ0v) is 17.3. The van der Waals surface area contributed by atoms with Crippen LogP contribution < -0.4 is 10.1 Å². The molecule has 1 N–H and O–H groups in total. The van der Waals surface area contributed by atoms with Crippen LogP contribution in [0.15, 0.2) is 53.0 Å². The highest BCUT2D eigenvalue weighted by Crippen LogP contribution is 2.42. The molecule has 1 aliphatic heterocycles. The maximum Gasteiger partial charge on any atom is 0.408 e. The van der Waals surface area contributed by atoms with Gasteiger partial charge in [0.1, 0.15) is 17.4 Å². The number of para-hydroxylation sites is 1. The lowest BCUT2D eigenvalue weighted by Crippen LogP contribution is -2.48. The number of nitrogens with zero attached hydrogens (tertiary/aromatic N) is 1. The number of hydrogen-bond donors (Lipinski definition) is 1. The predicted octanol–water partition coefficient (Wildman–Crippen LogP) is 4.79. The number of halogens is 1. The second kappa shape index (κ2) is 7.79. The summed E-state index contributed by atoms with van der Waals surface area (Å²) in [4.78, 5) is 24.0. The van der Waals surface area contributed by atoms with Gasteiger partial charge in [0.2, 0.25) is 0 Å². The van der Waals surface area contributed by atoms with E-state index in [-0.39, 0.29) is 0 Å². The largest absolute Gasteiger partial charge is 0.478 e. The Hall–Kier alpha value is -2.61. The Morgan fingerprint density at radius 1 is 1.18 bits per heavy atom.